The number of hydrogen-bond donors (Lipinski definition) is 2. The zero-order valence-electron chi connectivity index (χ0n) is 18.3. The molecule has 6 heteroatoms. The van der Waals surface area contributed by atoms with Gasteiger partial charge in [0.15, 0.2) is 11.6 Å². The molecule has 0 aromatic rings. The molecule has 2 saturated heterocycles. The van der Waals surface area contributed by atoms with Crippen molar-refractivity contribution in [2.45, 2.75) is 128 Å². The Morgan fingerprint density at radius 1 is 0.786 bits per heavy atom. The van der Waals surface area contributed by atoms with Crippen LogP contribution in [0.1, 0.15) is 91.9 Å². The molecule has 2 N–H and O–H groups in total. The van der Waals surface area contributed by atoms with Gasteiger partial charge >= 0.3 is 0 Å². The maximum atomic E-state index is 9.93. The van der Waals surface area contributed by atoms with Gasteiger partial charge in [-0.15, -0.1) is 0 Å². The van der Waals surface area contributed by atoms with Crippen LogP contribution in [0.2, 0.25) is 0 Å². The number of hydrogen-bond acceptors (Lipinski definition) is 6. The van der Waals surface area contributed by atoms with Crippen LogP contribution in [0, 0.1) is 0 Å². The maximum Gasteiger partial charge on any atom is 0.163 e. The van der Waals surface area contributed by atoms with E-state index in [-0.39, 0.29) is 18.8 Å². The van der Waals surface area contributed by atoms with Gasteiger partial charge in [0, 0.05) is 0 Å². The SMILES string of the molecule is CC1(C)OC[C@@H](CCCCCCCCCC[C@H]2OC(C)(C)O[C@@H]2[C@H](O)CO)O1. The van der Waals surface area contributed by atoms with Crippen molar-refractivity contribution in [2.75, 3.05) is 13.2 Å². The quantitative estimate of drug-likeness (QED) is 0.455. The zero-order chi connectivity index (χ0) is 20.6. The molecule has 166 valence electrons. The molecule has 2 fully saturated rings. The first-order valence-corrected chi connectivity index (χ1v) is 11.2. The van der Waals surface area contributed by atoms with E-state index >= 15 is 0 Å². The van der Waals surface area contributed by atoms with Gasteiger partial charge in [-0.2, -0.15) is 0 Å². The Hall–Kier alpha value is -0.240. The maximum absolute atomic E-state index is 9.93. The minimum absolute atomic E-state index is 0.135. The van der Waals surface area contributed by atoms with Gasteiger partial charge in [-0.3, -0.25) is 0 Å². The number of aliphatic hydroxyl groups excluding tert-OH is 2. The third-order valence-corrected chi connectivity index (χ3v) is 5.62. The summed E-state index contributed by atoms with van der Waals surface area (Å²) in [5.41, 5.74) is 0. The van der Waals surface area contributed by atoms with Crippen LogP contribution in [0.3, 0.4) is 0 Å². The lowest BCUT2D eigenvalue weighted by molar-refractivity contribution is -0.157. The molecule has 0 radical (unpaired) electrons. The highest BCUT2D eigenvalue weighted by molar-refractivity contribution is 4.86. The van der Waals surface area contributed by atoms with Crippen LogP contribution in [-0.4, -0.2) is 59.4 Å². The molecule has 6 nitrogen and oxygen atoms in total. The first-order valence-electron chi connectivity index (χ1n) is 11.2. The van der Waals surface area contributed by atoms with Crippen LogP contribution in [0.5, 0.6) is 0 Å². The first kappa shape index (κ1) is 24.0. The van der Waals surface area contributed by atoms with Crippen molar-refractivity contribution in [2.24, 2.45) is 0 Å². The normalized spacial score (nSPS) is 30.0. The van der Waals surface area contributed by atoms with Crippen molar-refractivity contribution in [3.63, 3.8) is 0 Å². The van der Waals surface area contributed by atoms with Crippen molar-refractivity contribution in [3.8, 4) is 0 Å². The second-order valence-electron chi connectivity index (χ2n) is 9.24. The highest BCUT2D eigenvalue weighted by Crippen LogP contribution is 2.32. The molecule has 2 rings (SSSR count). The molecule has 0 unspecified atom stereocenters. The molecular formula is C22H42O6. The molecule has 2 aliphatic rings. The predicted molar refractivity (Wildman–Crippen MR) is 108 cm³/mol. The van der Waals surface area contributed by atoms with Crippen LogP contribution in [0.25, 0.3) is 0 Å². The Morgan fingerprint density at radius 3 is 1.89 bits per heavy atom. The summed E-state index contributed by atoms with van der Waals surface area (Å²) in [6.45, 7) is 8.12. The third kappa shape index (κ3) is 8.25. The summed E-state index contributed by atoms with van der Waals surface area (Å²) in [6.07, 6.45) is 10.6. The molecule has 0 aromatic carbocycles. The second kappa shape index (κ2) is 11.2. The molecular weight excluding hydrogens is 360 g/mol. The highest BCUT2D eigenvalue weighted by Gasteiger charge is 2.44. The van der Waals surface area contributed by atoms with Crippen LogP contribution in [0.4, 0.5) is 0 Å². The molecule has 4 atom stereocenters. The van der Waals surface area contributed by atoms with Crippen molar-refractivity contribution in [3.05, 3.63) is 0 Å². The van der Waals surface area contributed by atoms with Crippen LogP contribution < -0.4 is 0 Å². The number of rotatable bonds is 13. The molecule has 0 bridgehead atoms. The minimum Gasteiger partial charge on any atom is -0.394 e. The van der Waals surface area contributed by atoms with Gasteiger partial charge in [0.25, 0.3) is 0 Å². The Bertz CT molecular complexity index is 439. The second-order valence-corrected chi connectivity index (χ2v) is 9.24. The molecule has 2 aliphatic heterocycles. The minimum atomic E-state index is -0.876. The largest absolute Gasteiger partial charge is 0.394 e. The Labute approximate surface area is 170 Å². The summed E-state index contributed by atoms with van der Waals surface area (Å²) in [5.74, 6) is -1.08. The summed E-state index contributed by atoms with van der Waals surface area (Å²) in [7, 11) is 0. The van der Waals surface area contributed by atoms with Crippen LogP contribution >= 0.6 is 0 Å². The zero-order valence-corrected chi connectivity index (χ0v) is 18.3. The lowest BCUT2D eigenvalue weighted by Crippen LogP contribution is -2.37. The molecule has 0 amide bonds. The van der Waals surface area contributed by atoms with Gasteiger partial charge in [0.1, 0.15) is 12.2 Å². The van der Waals surface area contributed by atoms with Crippen molar-refractivity contribution in [1.29, 1.82) is 0 Å². The molecule has 0 aliphatic carbocycles. The summed E-state index contributed by atoms with van der Waals surface area (Å²) in [4.78, 5) is 0. The number of ether oxygens (including phenoxy) is 4. The average molecular weight is 403 g/mol. The van der Waals surface area contributed by atoms with Crippen LogP contribution in [-0.2, 0) is 18.9 Å². The molecule has 28 heavy (non-hydrogen) atoms. The van der Waals surface area contributed by atoms with E-state index in [2.05, 4.69) is 0 Å². The van der Waals surface area contributed by atoms with Crippen molar-refractivity contribution < 1.29 is 29.2 Å². The Balaban J connectivity index is 1.44. The molecule has 2 heterocycles. The summed E-state index contributed by atoms with van der Waals surface area (Å²) >= 11 is 0. The van der Waals surface area contributed by atoms with Crippen LogP contribution in [0.15, 0.2) is 0 Å². The van der Waals surface area contributed by atoms with E-state index in [1.807, 2.05) is 27.7 Å². The first-order chi connectivity index (χ1) is 13.2. The number of aliphatic hydroxyl groups is 2. The lowest BCUT2D eigenvalue weighted by Gasteiger charge is -2.20. The van der Waals surface area contributed by atoms with E-state index in [0.717, 1.165) is 25.9 Å². The topological polar surface area (TPSA) is 77.4 Å². The fourth-order valence-corrected chi connectivity index (χ4v) is 4.20. The predicted octanol–water partition coefficient (Wildman–Crippen LogP) is 3.91. The van der Waals surface area contributed by atoms with E-state index in [1.165, 1.54) is 44.9 Å². The van der Waals surface area contributed by atoms with E-state index in [4.69, 9.17) is 18.9 Å². The lowest BCUT2D eigenvalue weighted by atomic mass is 10.0. The standard InChI is InChI=1S/C22H42O6/c1-21(2)25-16-17(26-21)13-11-9-7-5-6-8-10-12-14-19-20(18(24)15-23)28-22(3,4)27-19/h17-20,23-24H,5-16H2,1-4H3/t17-,18-,19-,20-/m1/s1. The monoisotopic (exact) mass is 402 g/mol. The smallest absolute Gasteiger partial charge is 0.163 e. The van der Waals surface area contributed by atoms with Gasteiger partial charge in [0.2, 0.25) is 0 Å². The van der Waals surface area contributed by atoms with E-state index in [1.54, 1.807) is 0 Å². The molecule has 0 saturated carbocycles. The fourth-order valence-electron chi connectivity index (χ4n) is 4.20. The van der Waals surface area contributed by atoms with E-state index in [9.17, 15) is 10.2 Å². The van der Waals surface area contributed by atoms with Gasteiger partial charge in [-0.1, -0.05) is 51.4 Å². The van der Waals surface area contributed by atoms with Crippen molar-refractivity contribution >= 4 is 0 Å². The highest BCUT2D eigenvalue weighted by atomic mass is 16.8. The summed E-state index contributed by atoms with van der Waals surface area (Å²) < 4.78 is 23.1. The average Bonchev–Trinajstić information content (AvgIpc) is 3.13. The van der Waals surface area contributed by atoms with Crippen molar-refractivity contribution in [1.82, 2.24) is 0 Å². The van der Waals surface area contributed by atoms with Gasteiger partial charge < -0.3 is 29.2 Å². The summed E-state index contributed by atoms with van der Waals surface area (Å²) in [6, 6.07) is 0. The fraction of sp³-hybridized carbons (Fsp3) is 1.00. The van der Waals surface area contributed by atoms with Gasteiger partial charge in [0.05, 0.1) is 25.4 Å². The Kier molecular flexibility index (Phi) is 9.64. The molecule has 0 spiro atoms. The number of unbranched alkanes of at least 4 members (excludes halogenated alkanes) is 7. The van der Waals surface area contributed by atoms with Gasteiger partial charge in [-0.05, 0) is 40.5 Å². The van der Waals surface area contributed by atoms with E-state index < -0.39 is 23.8 Å². The summed E-state index contributed by atoms with van der Waals surface area (Å²) in [5, 5.41) is 19.1. The van der Waals surface area contributed by atoms with Gasteiger partial charge in [-0.25, -0.2) is 0 Å². The molecule has 0 aromatic heterocycles. The third-order valence-electron chi connectivity index (χ3n) is 5.62. The Morgan fingerprint density at radius 2 is 1.36 bits per heavy atom. The van der Waals surface area contributed by atoms with E-state index in [0.29, 0.717) is 0 Å².